The summed E-state index contributed by atoms with van der Waals surface area (Å²) in [6.07, 6.45) is 5.00. The highest BCUT2D eigenvalue weighted by Gasteiger charge is 2.16. The van der Waals surface area contributed by atoms with E-state index in [0.29, 0.717) is 18.9 Å². The van der Waals surface area contributed by atoms with Gasteiger partial charge in [-0.1, -0.05) is 12.1 Å². The monoisotopic (exact) mass is 488 g/mol. The number of carbonyl (C=O) groups excluding carboxylic acids is 1. The van der Waals surface area contributed by atoms with Crippen LogP contribution in [0.25, 0.3) is 0 Å². The number of nitrogens with one attached hydrogen (secondary N) is 2. The summed E-state index contributed by atoms with van der Waals surface area (Å²) in [5.41, 5.74) is 6.36. The van der Waals surface area contributed by atoms with Crippen molar-refractivity contribution in [2.75, 3.05) is 20.1 Å². The smallest absolute Gasteiger partial charge is 0.222 e. The fraction of sp³-hybridized carbons (Fsp3) is 0.389. The van der Waals surface area contributed by atoms with Gasteiger partial charge in [-0.3, -0.25) is 14.5 Å². The van der Waals surface area contributed by atoms with Gasteiger partial charge in [0.1, 0.15) is 5.82 Å². The molecule has 1 atom stereocenters. The zero-order chi connectivity index (χ0) is 18.8. The second-order valence-electron chi connectivity index (χ2n) is 5.93. The van der Waals surface area contributed by atoms with Gasteiger partial charge in [0.05, 0.1) is 5.92 Å². The van der Waals surface area contributed by atoms with E-state index in [0.717, 1.165) is 25.1 Å². The lowest BCUT2D eigenvalue weighted by atomic mass is 9.98. The molecule has 1 aromatic heterocycles. The lowest BCUT2D eigenvalue weighted by Crippen LogP contribution is -2.43. The third-order valence-corrected chi connectivity index (χ3v) is 3.95. The molecule has 148 valence electrons. The molecule has 2 aromatic rings. The van der Waals surface area contributed by atoms with Gasteiger partial charge in [-0.05, 0) is 36.6 Å². The Bertz CT molecular complexity index is 705. The van der Waals surface area contributed by atoms with Crippen molar-refractivity contribution in [2.24, 2.45) is 16.6 Å². The number of nitrogens with zero attached hydrogens (tertiary/aromatic N) is 3. The molecule has 1 amide bonds. The molecule has 1 heterocycles. The first kappa shape index (κ1) is 22.9. The summed E-state index contributed by atoms with van der Waals surface area (Å²) in [6, 6.07) is 7.96. The second-order valence-corrected chi connectivity index (χ2v) is 5.93. The number of hydrogen-bond acceptors (Lipinski definition) is 3. The summed E-state index contributed by atoms with van der Waals surface area (Å²) in [5, 5.41) is 10.5. The summed E-state index contributed by atoms with van der Waals surface area (Å²) >= 11 is 0. The van der Waals surface area contributed by atoms with Crippen LogP contribution in [0.2, 0.25) is 0 Å². The van der Waals surface area contributed by atoms with Crippen LogP contribution < -0.4 is 16.4 Å². The quantitative estimate of drug-likeness (QED) is 0.216. The summed E-state index contributed by atoms with van der Waals surface area (Å²) in [4.78, 5) is 15.8. The topological polar surface area (TPSA) is 97.3 Å². The number of halogens is 2. The first-order valence-corrected chi connectivity index (χ1v) is 8.54. The van der Waals surface area contributed by atoms with Crippen LogP contribution in [0.4, 0.5) is 4.39 Å². The number of aromatic nitrogens is 2. The van der Waals surface area contributed by atoms with Crippen LogP contribution in [0.15, 0.2) is 47.7 Å². The minimum absolute atomic E-state index is 0. The van der Waals surface area contributed by atoms with Crippen molar-refractivity contribution in [3.05, 3.63) is 54.1 Å². The van der Waals surface area contributed by atoms with Gasteiger partial charge in [0.2, 0.25) is 5.91 Å². The minimum Gasteiger partial charge on any atom is -0.369 e. The van der Waals surface area contributed by atoms with Crippen molar-refractivity contribution >= 4 is 35.8 Å². The van der Waals surface area contributed by atoms with Crippen molar-refractivity contribution in [1.29, 1.82) is 0 Å². The van der Waals surface area contributed by atoms with E-state index in [2.05, 4.69) is 20.7 Å². The average Bonchev–Trinajstić information content (AvgIpc) is 3.15. The van der Waals surface area contributed by atoms with E-state index < -0.39 is 11.8 Å². The van der Waals surface area contributed by atoms with Crippen LogP contribution in [0, 0.1) is 11.7 Å². The van der Waals surface area contributed by atoms with E-state index in [9.17, 15) is 9.18 Å². The van der Waals surface area contributed by atoms with E-state index in [1.54, 1.807) is 25.4 Å². The molecule has 9 heteroatoms. The largest absolute Gasteiger partial charge is 0.369 e. The Labute approximate surface area is 175 Å². The lowest BCUT2D eigenvalue weighted by molar-refractivity contribution is -0.121. The van der Waals surface area contributed by atoms with Gasteiger partial charge >= 0.3 is 0 Å². The standard InChI is InChI=1S/C18H25FN6O.HI/c1-21-18(22-8-2-10-25-11-3-9-24-25)23-13-15(17(20)26)12-14-4-6-16(19)7-5-14;/h3-7,9,11,15H,2,8,10,12-13H2,1H3,(H2,20,26)(H2,21,22,23);1H. The van der Waals surface area contributed by atoms with Gasteiger partial charge in [-0.2, -0.15) is 5.10 Å². The van der Waals surface area contributed by atoms with E-state index in [4.69, 9.17) is 5.73 Å². The zero-order valence-electron chi connectivity index (χ0n) is 15.3. The van der Waals surface area contributed by atoms with Crippen LogP contribution in [0.3, 0.4) is 0 Å². The number of guanidine groups is 1. The maximum atomic E-state index is 13.0. The number of benzene rings is 1. The van der Waals surface area contributed by atoms with Gasteiger partial charge < -0.3 is 16.4 Å². The Hall–Kier alpha value is -2.17. The fourth-order valence-corrected chi connectivity index (χ4v) is 2.50. The van der Waals surface area contributed by atoms with E-state index >= 15 is 0 Å². The molecular formula is C18H26FIN6O. The van der Waals surface area contributed by atoms with E-state index in [1.807, 2.05) is 16.9 Å². The SMILES string of the molecule is CN=C(NCCCn1cccn1)NCC(Cc1ccc(F)cc1)C(N)=O.I. The summed E-state index contributed by atoms with van der Waals surface area (Å²) in [7, 11) is 1.67. The molecule has 1 aromatic carbocycles. The Balaban J connectivity index is 0.00000364. The van der Waals surface area contributed by atoms with E-state index in [-0.39, 0.29) is 29.8 Å². The highest BCUT2D eigenvalue weighted by molar-refractivity contribution is 14.0. The number of aliphatic imine (C=N–C) groups is 1. The lowest BCUT2D eigenvalue weighted by Gasteiger charge is -2.17. The number of amides is 1. The molecule has 0 saturated carbocycles. The van der Waals surface area contributed by atoms with Gasteiger partial charge in [0, 0.05) is 39.1 Å². The number of primary amides is 1. The molecular weight excluding hydrogens is 462 g/mol. The predicted octanol–water partition coefficient (Wildman–Crippen LogP) is 1.54. The first-order valence-electron chi connectivity index (χ1n) is 8.54. The molecule has 0 bridgehead atoms. The van der Waals surface area contributed by atoms with Crippen LogP contribution in [-0.2, 0) is 17.8 Å². The Morgan fingerprint density at radius 1 is 1.33 bits per heavy atom. The fourth-order valence-electron chi connectivity index (χ4n) is 2.50. The van der Waals surface area contributed by atoms with Crippen molar-refractivity contribution in [2.45, 2.75) is 19.4 Å². The van der Waals surface area contributed by atoms with E-state index in [1.165, 1.54) is 12.1 Å². The first-order chi connectivity index (χ1) is 12.6. The molecule has 0 aliphatic rings. The number of nitrogens with two attached hydrogens (primary N) is 1. The Kier molecular flexibility index (Phi) is 10.4. The summed E-state index contributed by atoms with van der Waals surface area (Å²) in [6.45, 7) is 1.88. The highest BCUT2D eigenvalue weighted by Crippen LogP contribution is 2.09. The van der Waals surface area contributed by atoms with Crippen molar-refractivity contribution in [3.8, 4) is 0 Å². The number of carbonyl (C=O) groups is 1. The third-order valence-electron chi connectivity index (χ3n) is 3.95. The minimum atomic E-state index is -0.414. The van der Waals surface area contributed by atoms with Crippen molar-refractivity contribution < 1.29 is 9.18 Å². The second kappa shape index (κ2) is 12.3. The number of hydrogen-bond donors (Lipinski definition) is 3. The highest BCUT2D eigenvalue weighted by atomic mass is 127. The number of rotatable bonds is 9. The molecule has 0 aliphatic heterocycles. The maximum Gasteiger partial charge on any atom is 0.222 e. The molecule has 1 unspecified atom stereocenters. The molecule has 0 spiro atoms. The summed E-state index contributed by atoms with van der Waals surface area (Å²) < 4.78 is 14.9. The normalized spacial score (nSPS) is 12.1. The predicted molar refractivity (Wildman–Crippen MR) is 114 cm³/mol. The van der Waals surface area contributed by atoms with Crippen LogP contribution >= 0.6 is 24.0 Å². The summed E-state index contributed by atoms with van der Waals surface area (Å²) in [5.74, 6) is -0.517. The molecule has 7 nitrogen and oxygen atoms in total. The van der Waals surface area contributed by atoms with Crippen molar-refractivity contribution in [3.63, 3.8) is 0 Å². The molecule has 0 saturated heterocycles. The van der Waals surface area contributed by atoms with Gasteiger partial charge in [-0.25, -0.2) is 4.39 Å². The van der Waals surface area contributed by atoms with Gasteiger partial charge in [-0.15, -0.1) is 24.0 Å². The van der Waals surface area contributed by atoms with Crippen LogP contribution in [0.5, 0.6) is 0 Å². The molecule has 0 radical (unpaired) electrons. The van der Waals surface area contributed by atoms with Gasteiger partial charge in [0.25, 0.3) is 0 Å². The Morgan fingerprint density at radius 2 is 2.07 bits per heavy atom. The molecule has 0 fully saturated rings. The molecule has 4 N–H and O–H groups in total. The molecule has 2 rings (SSSR count). The third kappa shape index (κ3) is 8.37. The zero-order valence-corrected chi connectivity index (χ0v) is 17.6. The number of aryl methyl sites for hydroxylation is 1. The van der Waals surface area contributed by atoms with Gasteiger partial charge in [0.15, 0.2) is 5.96 Å². The molecule has 0 aliphatic carbocycles. The maximum absolute atomic E-state index is 13.0. The van der Waals surface area contributed by atoms with Crippen molar-refractivity contribution in [1.82, 2.24) is 20.4 Å². The molecule has 27 heavy (non-hydrogen) atoms. The Morgan fingerprint density at radius 3 is 2.67 bits per heavy atom. The average molecular weight is 488 g/mol. The van der Waals surface area contributed by atoms with Crippen LogP contribution in [-0.4, -0.2) is 41.8 Å². The van der Waals surface area contributed by atoms with Crippen LogP contribution in [0.1, 0.15) is 12.0 Å².